The minimum absolute atomic E-state index is 0.157. The van der Waals surface area contributed by atoms with Crippen LogP contribution in [0.1, 0.15) is 39.4 Å². The molecule has 68 heavy (non-hydrogen) atoms. The third-order valence-electron chi connectivity index (χ3n) is 11.2. The van der Waals surface area contributed by atoms with Crippen LogP contribution in [0.2, 0.25) is 0 Å². The molecule has 0 aliphatic rings. The number of carbonyl (C=O) groups excluding carboxylic acids is 3. The fourth-order valence-electron chi connectivity index (χ4n) is 7.82. The van der Waals surface area contributed by atoms with Crippen molar-refractivity contribution in [3.63, 3.8) is 0 Å². The Morgan fingerprint density at radius 3 is 1.99 bits per heavy atom. The summed E-state index contributed by atoms with van der Waals surface area (Å²) in [6.07, 6.45) is 3.85. The van der Waals surface area contributed by atoms with E-state index in [2.05, 4.69) is 21.3 Å². The van der Waals surface area contributed by atoms with Gasteiger partial charge in [-0.15, -0.1) is 0 Å². The second kappa shape index (κ2) is 22.4. The van der Waals surface area contributed by atoms with Crippen LogP contribution in [0.3, 0.4) is 0 Å². The van der Waals surface area contributed by atoms with E-state index >= 15 is 0 Å². The van der Waals surface area contributed by atoms with Crippen LogP contribution in [0, 0.1) is 0 Å². The fourth-order valence-corrected chi connectivity index (χ4v) is 7.82. The number of aliphatic hydroxyl groups excluding tert-OH is 1. The van der Waals surface area contributed by atoms with E-state index in [9.17, 15) is 19.5 Å². The second-order valence-corrected chi connectivity index (χ2v) is 16.3. The molecule has 8 aromatic rings. The molecule has 3 amide bonds. The highest BCUT2D eigenvalue weighted by molar-refractivity contribution is 5.97. The quantitative estimate of drug-likeness (QED) is 0.0428. The van der Waals surface area contributed by atoms with Crippen molar-refractivity contribution in [2.75, 3.05) is 23.7 Å². The fraction of sp³-hybridized carbons (Fsp3) is 0.189. The molecule has 8 rings (SSSR count). The van der Waals surface area contributed by atoms with Gasteiger partial charge in [0.2, 0.25) is 23.6 Å². The zero-order chi connectivity index (χ0) is 47.2. The van der Waals surface area contributed by atoms with Crippen molar-refractivity contribution < 1.29 is 28.6 Å². The van der Waals surface area contributed by atoms with Crippen LogP contribution in [0.25, 0.3) is 16.9 Å². The maximum Gasteiger partial charge on any atom is 0.247 e. The number of nitrogens with one attached hydrogen (secondary N) is 4. The summed E-state index contributed by atoms with van der Waals surface area (Å²) in [6, 6.07) is 46.1. The van der Waals surface area contributed by atoms with Crippen LogP contribution in [-0.2, 0) is 46.7 Å². The van der Waals surface area contributed by atoms with Crippen molar-refractivity contribution in [2.45, 2.75) is 50.6 Å². The number of ether oxygens (including phenoxy) is 1. The number of aliphatic hydroxyl groups is 1. The van der Waals surface area contributed by atoms with E-state index in [4.69, 9.17) is 30.6 Å². The Kier molecular flexibility index (Phi) is 15.3. The van der Waals surface area contributed by atoms with Crippen molar-refractivity contribution in [3.05, 3.63) is 204 Å². The van der Waals surface area contributed by atoms with Crippen molar-refractivity contribution in [2.24, 2.45) is 11.5 Å². The van der Waals surface area contributed by atoms with Crippen LogP contribution < -0.4 is 37.5 Å². The number of furan rings is 1. The van der Waals surface area contributed by atoms with E-state index in [1.165, 1.54) is 0 Å². The van der Waals surface area contributed by atoms with Gasteiger partial charge < -0.3 is 47.0 Å². The number of anilines is 2. The number of imidazole rings is 1. The molecule has 3 atom stereocenters. The molecule has 346 valence electrons. The van der Waals surface area contributed by atoms with E-state index < -0.39 is 24.2 Å². The lowest BCUT2D eigenvalue weighted by Crippen LogP contribution is -2.49. The Bertz CT molecular complexity index is 2910. The van der Waals surface area contributed by atoms with Gasteiger partial charge in [-0.2, -0.15) is 0 Å². The smallest absolute Gasteiger partial charge is 0.247 e. The Balaban J connectivity index is 1.08. The van der Waals surface area contributed by atoms with Crippen LogP contribution in [0.15, 0.2) is 169 Å². The number of fused-ring (bicyclic) bond motifs is 1. The summed E-state index contributed by atoms with van der Waals surface area (Å²) in [5.74, 6) is 0.0201. The maximum absolute atomic E-state index is 13.5. The van der Waals surface area contributed by atoms with Gasteiger partial charge in [-0.3, -0.25) is 18.8 Å². The largest absolute Gasteiger partial charge is 0.472 e. The molecule has 0 fully saturated rings. The van der Waals surface area contributed by atoms with Crippen LogP contribution in [-0.4, -0.2) is 68.6 Å². The first kappa shape index (κ1) is 46.4. The highest BCUT2D eigenvalue weighted by atomic mass is 16.5. The Morgan fingerprint density at radius 2 is 1.32 bits per heavy atom. The van der Waals surface area contributed by atoms with Crippen LogP contribution in [0.5, 0.6) is 5.88 Å². The van der Waals surface area contributed by atoms with Gasteiger partial charge in [-0.25, -0.2) is 9.97 Å². The first-order chi connectivity index (χ1) is 33.2. The van der Waals surface area contributed by atoms with Gasteiger partial charge in [-0.05, 0) is 65.1 Å². The number of nitrogens with two attached hydrogens (primary N) is 2. The third kappa shape index (κ3) is 12.2. The molecule has 0 saturated heterocycles. The molecule has 15 heteroatoms. The van der Waals surface area contributed by atoms with E-state index in [0.29, 0.717) is 71.4 Å². The lowest BCUT2D eigenvalue weighted by molar-refractivity contribution is -0.125. The standard InChI is InChI=1S/C53H53N9O6/c54-31-48(63)59-44(27-36-14-6-2-7-15-36)51(65)56-40-23-21-38(22-24-40)34-68-53-46(30-42-20-11-25-67-42)61-50-43(26-35-12-4-1-5-13-35)58-47(33-62(50)53)39-18-10-19-41(29-39)57-52(66)45(60-49(64)32-55)28-37-16-8-3-9-17-37/h1-25,29,33,44-45,52,57,66H,26-28,30-32,34,54-55H2,(H,56,65)(H,59,63)(H,60,64). The lowest BCUT2D eigenvalue weighted by atomic mass is 10.0. The number of carbonyl (C=O) groups is 3. The molecule has 0 spiro atoms. The average Bonchev–Trinajstić information content (AvgIpc) is 4.02. The summed E-state index contributed by atoms with van der Waals surface area (Å²) in [6.45, 7) is -0.290. The highest BCUT2D eigenvalue weighted by Crippen LogP contribution is 2.31. The molecule has 3 unspecified atom stereocenters. The number of benzene rings is 5. The average molecular weight is 912 g/mol. The van der Waals surface area contributed by atoms with E-state index in [-0.39, 0.29) is 31.5 Å². The zero-order valence-electron chi connectivity index (χ0n) is 37.3. The number of hydrogen-bond acceptors (Lipinski definition) is 11. The molecular weight excluding hydrogens is 859 g/mol. The monoisotopic (exact) mass is 911 g/mol. The minimum atomic E-state index is -1.16. The summed E-state index contributed by atoms with van der Waals surface area (Å²) in [4.78, 5) is 48.5. The first-order valence-corrected chi connectivity index (χ1v) is 22.3. The molecular formula is C53H53N9O6. The van der Waals surface area contributed by atoms with E-state index in [1.54, 1.807) is 18.4 Å². The van der Waals surface area contributed by atoms with Gasteiger partial charge >= 0.3 is 0 Å². The summed E-state index contributed by atoms with van der Waals surface area (Å²) in [7, 11) is 0. The van der Waals surface area contributed by atoms with Crippen LogP contribution in [0.4, 0.5) is 11.4 Å². The number of nitrogens with zero attached hydrogens (tertiary/aromatic N) is 3. The molecule has 0 aliphatic heterocycles. The van der Waals surface area contributed by atoms with Gasteiger partial charge in [0.15, 0.2) is 5.65 Å². The lowest BCUT2D eigenvalue weighted by Gasteiger charge is -2.26. The summed E-state index contributed by atoms with van der Waals surface area (Å²) in [5.41, 5.74) is 19.4. The highest BCUT2D eigenvalue weighted by Gasteiger charge is 2.25. The molecule has 5 aromatic carbocycles. The minimum Gasteiger partial charge on any atom is -0.472 e. The van der Waals surface area contributed by atoms with Crippen LogP contribution >= 0.6 is 0 Å². The predicted molar refractivity (Wildman–Crippen MR) is 260 cm³/mol. The topological polar surface area (TPSA) is 224 Å². The van der Waals surface area contributed by atoms with Gasteiger partial charge in [0, 0.05) is 36.0 Å². The molecule has 15 nitrogen and oxygen atoms in total. The number of amides is 3. The molecule has 0 radical (unpaired) electrons. The molecule has 3 heterocycles. The predicted octanol–water partition coefficient (Wildman–Crippen LogP) is 5.79. The molecule has 0 saturated carbocycles. The van der Waals surface area contributed by atoms with Crippen molar-refractivity contribution in [1.29, 1.82) is 0 Å². The maximum atomic E-state index is 13.5. The van der Waals surface area contributed by atoms with Crippen molar-refractivity contribution >= 4 is 34.7 Å². The molecule has 0 aliphatic carbocycles. The SMILES string of the molecule is NCC(=O)NC(Cc1ccccc1)C(=O)Nc1ccc(COc2c(Cc3ccco3)nc3c(Cc4ccccc4)nc(-c4cccc(NC(O)C(Cc5ccccc5)NC(=O)CN)c4)cn23)cc1. The Morgan fingerprint density at radius 1 is 0.662 bits per heavy atom. The number of aromatic nitrogens is 3. The summed E-state index contributed by atoms with van der Waals surface area (Å²) in [5, 5.41) is 23.2. The Labute approximate surface area is 393 Å². The summed E-state index contributed by atoms with van der Waals surface area (Å²) < 4.78 is 14.4. The van der Waals surface area contributed by atoms with E-state index in [0.717, 1.165) is 27.8 Å². The third-order valence-corrected chi connectivity index (χ3v) is 11.2. The Hall–Kier alpha value is -8.11. The van der Waals surface area contributed by atoms with Gasteiger partial charge in [-0.1, -0.05) is 115 Å². The second-order valence-electron chi connectivity index (χ2n) is 16.3. The van der Waals surface area contributed by atoms with Gasteiger partial charge in [0.1, 0.15) is 30.3 Å². The molecule has 3 aromatic heterocycles. The number of hydrogen-bond donors (Lipinski definition) is 7. The van der Waals surface area contributed by atoms with E-state index in [1.807, 2.05) is 150 Å². The molecule has 9 N–H and O–H groups in total. The van der Waals surface area contributed by atoms with Gasteiger partial charge in [0.25, 0.3) is 0 Å². The number of rotatable bonds is 21. The van der Waals surface area contributed by atoms with Crippen molar-refractivity contribution in [3.8, 4) is 17.1 Å². The van der Waals surface area contributed by atoms with Gasteiger partial charge in [0.05, 0.1) is 43.2 Å². The van der Waals surface area contributed by atoms with Crippen molar-refractivity contribution in [1.82, 2.24) is 25.0 Å². The zero-order valence-corrected chi connectivity index (χ0v) is 37.3. The normalized spacial score (nSPS) is 12.5. The first-order valence-electron chi connectivity index (χ1n) is 22.3. The summed E-state index contributed by atoms with van der Waals surface area (Å²) >= 11 is 0. The molecule has 0 bridgehead atoms.